The van der Waals surface area contributed by atoms with Crippen LogP contribution in [0, 0.1) is 0 Å². The highest BCUT2D eigenvalue weighted by Gasteiger charge is 2.10. The predicted molar refractivity (Wildman–Crippen MR) is 80.3 cm³/mol. The van der Waals surface area contributed by atoms with Crippen LogP contribution in [0.5, 0.6) is 0 Å². The summed E-state index contributed by atoms with van der Waals surface area (Å²) in [6.45, 7) is 2.86. The number of anilines is 2. The van der Waals surface area contributed by atoms with E-state index < -0.39 is 0 Å². The quantitative estimate of drug-likeness (QED) is 0.880. The molecular weight excluding hydrogens is 282 g/mol. The Labute approximate surface area is 120 Å². The van der Waals surface area contributed by atoms with E-state index in [-0.39, 0.29) is 5.91 Å². The number of aromatic nitrogens is 1. The molecule has 0 bridgehead atoms. The number of thiophene rings is 1. The fourth-order valence-electron chi connectivity index (χ4n) is 1.47. The molecule has 2 aromatic heterocycles. The zero-order valence-corrected chi connectivity index (χ0v) is 12.0. The van der Waals surface area contributed by atoms with Gasteiger partial charge in [0.2, 0.25) is 0 Å². The molecule has 4 nitrogen and oxygen atoms in total. The van der Waals surface area contributed by atoms with E-state index >= 15 is 0 Å². The summed E-state index contributed by atoms with van der Waals surface area (Å²) in [4.78, 5) is 16.1. The third-order valence-corrected chi connectivity index (χ3v) is 3.40. The van der Waals surface area contributed by atoms with Gasteiger partial charge in [0.05, 0.1) is 16.3 Å². The average molecular weight is 296 g/mol. The molecule has 0 atom stereocenters. The zero-order chi connectivity index (χ0) is 13.7. The lowest BCUT2D eigenvalue weighted by Crippen LogP contribution is -2.12. The van der Waals surface area contributed by atoms with Crippen molar-refractivity contribution in [1.82, 2.24) is 4.98 Å². The normalized spacial score (nSPS) is 10.2. The Morgan fingerprint density at radius 3 is 3.00 bits per heavy atom. The van der Waals surface area contributed by atoms with Crippen LogP contribution in [0.25, 0.3) is 0 Å². The first kappa shape index (κ1) is 13.8. The van der Waals surface area contributed by atoms with Crippen molar-refractivity contribution in [3.63, 3.8) is 0 Å². The van der Waals surface area contributed by atoms with Gasteiger partial charge in [0, 0.05) is 18.1 Å². The summed E-state index contributed by atoms with van der Waals surface area (Å²) in [7, 11) is 0. The third kappa shape index (κ3) is 3.68. The fourth-order valence-corrected chi connectivity index (χ4v) is 2.30. The first-order valence-corrected chi connectivity index (χ1v) is 7.25. The molecule has 0 radical (unpaired) electrons. The molecule has 0 fully saturated rings. The summed E-state index contributed by atoms with van der Waals surface area (Å²) in [5.41, 5.74) is 1.22. The Balaban J connectivity index is 2.08. The van der Waals surface area contributed by atoms with Gasteiger partial charge in [-0.05, 0) is 23.9 Å². The van der Waals surface area contributed by atoms with E-state index in [1.54, 1.807) is 6.07 Å². The minimum atomic E-state index is -0.213. The number of amides is 1. The van der Waals surface area contributed by atoms with Crippen LogP contribution in [0.2, 0.25) is 5.02 Å². The highest BCUT2D eigenvalue weighted by molar-refractivity contribution is 7.08. The van der Waals surface area contributed by atoms with E-state index in [1.165, 1.54) is 17.5 Å². The van der Waals surface area contributed by atoms with Crippen LogP contribution in [0.1, 0.15) is 23.7 Å². The molecule has 0 unspecified atom stereocenters. The fraction of sp³-hybridized carbons (Fsp3) is 0.231. The molecule has 6 heteroatoms. The molecule has 19 heavy (non-hydrogen) atoms. The molecule has 0 aliphatic carbocycles. The number of rotatable bonds is 5. The molecule has 2 N–H and O–H groups in total. The minimum Gasteiger partial charge on any atom is -0.369 e. The second kappa shape index (κ2) is 6.54. The van der Waals surface area contributed by atoms with Crippen molar-refractivity contribution < 1.29 is 4.79 Å². The van der Waals surface area contributed by atoms with E-state index in [4.69, 9.17) is 11.6 Å². The number of nitrogens with zero attached hydrogens (tertiary/aromatic N) is 1. The second-order valence-electron chi connectivity index (χ2n) is 3.95. The van der Waals surface area contributed by atoms with Crippen molar-refractivity contribution >= 4 is 40.4 Å². The summed E-state index contributed by atoms with van der Waals surface area (Å²) in [5.74, 6) is 0.394. The van der Waals surface area contributed by atoms with Gasteiger partial charge >= 0.3 is 0 Å². The maximum atomic E-state index is 12.0. The van der Waals surface area contributed by atoms with Gasteiger partial charge in [-0.2, -0.15) is 11.3 Å². The van der Waals surface area contributed by atoms with Crippen molar-refractivity contribution in [1.29, 1.82) is 0 Å². The van der Waals surface area contributed by atoms with Gasteiger partial charge in [-0.15, -0.1) is 0 Å². The summed E-state index contributed by atoms with van der Waals surface area (Å²) in [6.07, 6.45) is 2.50. The maximum absolute atomic E-state index is 12.0. The SMILES string of the molecule is CCCNc1ncc(C(=O)Nc2ccsc2)cc1Cl. The van der Waals surface area contributed by atoms with Crippen LogP contribution in [-0.4, -0.2) is 17.4 Å². The molecule has 0 spiro atoms. The Bertz CT molecular complexity index is 557. The van der Waals surface area contributed by atoms with Crippen molar-refractivity contribution in [2.75, 3.05) is 17.2 Å². The van der Waals surface area contributed by atoms with Gasteiger partial charge in [-0.25, -0.2) is 4.98 Å². The average Bonchev–Trinajstić information content (AvgIpc) is 2.90. The van der Waals surface area contributed by atoms with Crippen LogP contribution in [-0.2, 0) is 0 Å². The molecule has 0 aromatic carbocycles. The van der Waals surface area contributed by atoms with E-state index in [1.807, 2.05) is 16.8 Å². The van der Waals surface area contributed by atoms with E-state index in [0.717, 1.165) is 18.7 Å². The first-order valence-electron chi connectivity index (χ1n) is 5.93. The summed E-state index contributed by atoms with van der Waals surface area (Å²) in [6, 6.07) is 3.46. The van der Waals surface area contributed by atoms with Crippen molar-refractivity contribution in [2.45, 2.75) is 13.3 Å². The minimum absolute atomic E-state index is 0.213. The Hall–Kier alpha value is -1.59. The number of hydrogen-bond donors (Lipinski definition) is 2. The molecular formula is C13H14ClN3OS. The number of nitrogens with one attached hydrogen (secondary N) is 2. The molecule has 0 saturated carbocycles. The molecule has 0 aliphatic heterocycles. The van der Waals surface area contributed by atoms with Crippen LogP contribution in [0.4, 0.5) is 11.5 Å². The smallest absolute Gasteiger partial charge is 0.257 e. The van der Waals surface area contributed by atoms with Crippen molar-refractivity contribution in [3.8, 4) is 0 Å². The lowest BCUT2D eigenvalue weighted by atomic mass is 10.2. The number of halogens is 1. The highest BCUT2D eigenvalue weighted by atomic mass is 35.5. The van der Waals surface area contributed by atoms with E-state index in [9.17, 15) is 4.79 Å². The van der Waals surface area contributed by atoms with E-state index in [2.05, 4.69) is 22.5 Å². The molecule has 2 heterocycles. The van der Waals surface area contributed by atoms with Gasteiger partial charge in [0.25, 0.3) is 5.91 Å². The first-order chi connectivity index (χ1) is 9.20. The van der Waals surface area contributed by atoms with Gasteiger partial charge in [0.1, 0.15) is 5.82 Å². The standard InChI is InChI=1S/C13H14ClN3OS/c1-2-4-15-12-11(14)6-9(7-16-12)13(18)17-10-3-5-19-8-10/h3,5-8H,2,4H2,1H3,(H,15,16)(H,17,18). The number of carbonyl (C=O) groups is 1. The van der Waals surface area contributed by atoms with Crippen molar-refractivity contribution in [3.05, 3.63) is 39.7 Å². The van der Waals surface area contributed by atoms with Crippen molar-refractivity contribution in [2.24, 2.45) is 0 Å². The Morgan fingerprint density at radius 1 is 1.53 bits per heavy atom. The second-order valence-corrected chi connectivity index (χ2v) is 5.13. The third-order valence-electron chi connectivity index (χ3n) is 2.42. The molecule has 2 rings (SSSR count). The predicted octanol–water partition coefficient (Wildman–Crippen LogP) is 3.87. The number of pyridine rings is 1. The number of carbonyl (C=O) groups excluding carboxylic acids is 1. The van der Waals surface area contributed by atoms with Gasteiger partial charge in [0.15, 0.2) is 0 Å². The number of hydrogen-bond acceptors (Lipinski definition) is 4. The molecule has 100 valence electrons. The highest BCUT2D eigenvalue weighted by Crippen LogP contribution is 2.21. The molecule has 0 aliphatic rings. The van der Waals surface area contributed by atoms with Crippen LogP contribution >= 0.6 is 22.9 Å². The molecule has 0 saturated heterocycles. The molecule has 1 amide bonds. The summed E-state index contributed by atoms with van der Waals surface area (Å²) >= 11 is 7.61. The monoisotopic (exact) mass is 295 g/mol. The van der Waals surface area contributed by atoms with Crippen LogP contribution in [0.15, 0.2) is 29.1 Å². The van der Waals surface area contributed by atoms with Gasteiger partial charge in [-0.1, -0.05) is 18.5 Å². The summed E-state index contributed by atoms with van der Waals surface area (Å²) in [5, 5.41) is 10.1. The lowest BCUT2D eigenvalue weighted by Gasteiger charge is -2.08. The Kier molecular flexibility index (Phi) is 4.76. The van der Waals surface area contributed by atoms with Crippen LogP contribution in [0.3, 0.4) is 0 Å². The van der Waals surface area contributed by atoms with Crippen LogP contribution < -0.4 is 10.6 Å². The maximum Gasteiger partial charge on any atom is 0.257 e. The molecule has 2 aromatic rings. The Morgan fingerprint density at radius 2 is 2.37 bits per heavy atom. The summed E-state index contributed by atoms with van der Waals surface area (Å²) < 4.78 is 0. The zero-order valence-electron chi connectivity index (χ0n) is 10.4. The lowest BCUT2D eigenvalue weighted by molar-refractivity contribution is 0.102. The van der Waals surface area contributed by atoms with E-state index in [0.29, 0.717) is 16.4 Å². The largest absolute Gasteiger partial charge is 0.369 e. The topological polar surface area (TPSA) is 54.0 Å². The van der Waals surface area contributed by atoms with Gasteiger partial charge in [-0.3, -0.25) is 4.79 Å². The van der Waals surface area contributed by atoms with Gasteiger partial charge < -0.3 is 10.6 Å².